The van der Waals surface area contributed by atoms with Crippen LogP contribution >= 0.6 is 0 Å². The molecule has 1 saturated carbocycles. The first kappa shape index (κ1) is 14.9. The lowest BCUT2D eigenvalue weighted by Gasteiger charge is -2.39. The molecule has 2 unspecified atom stereocenters. The van der Waals surface area contributed by atoms with Crippen LogP contribution in [0.15, 0.2) is 18.2 Å². The molecule has 2 N–H and O–H groups in total. The van der Waals surface area contributed by atoms with E-state index in [0.717, 1.165) is 25.3 Å². The number of benzene rings is 1. The zero-order valence-corrected chi connectivity index (χ0v) is 11.8. The Morgan fingerprint density at radius 3 is 2.90 bits per heavy atom. The summed E-state index contributed by atoms with van der Waals surface area (Å²) in [4.78, 5) is 10.6. The van der Waals surface area contributed by atoms with Crippen molar-refractivity contribution >= 4 is 5.69 Å². The first-order valence-electron chi connectivity index (χ1n) is 7.09. The molecule has 1 aromatic rings. The van der Waals surface area contributed by atoms with Gasteiger partial charge in [-0.2, -0.15) is 0 Å². The highest BCUT2D eigenvalue weighted by Crippen LogP contribution is 2.42. The molecule has 0 aliphatic heterocycles. The summed E-state index contributed by atoms with van der Waals surface area (Å²) in [5.41, 5.74) is 6.28. The quantitative estimate of drug-likeness (QED) is 0.678. The number of hydrogen-bond donors (Lipinski definition) is 1. The lowest BCUT2D eigenvalue weighted by atomic mass is 9.67. The van der Waals surface area contributed by atoms with Crippen molar-refractivity contribution in [1.29, 1.82) is 0 Å². The SMILES string of the molecule is CC1CCCC(CN)(Cc2cc(F)ccc2[N+](=O)[O-])C1. The van der Waals surface area contributed by atoms with Crippen molar-refractivity contribution in [2.24, 2.45) is 17.1 Å². The smallest absolute Gasteiger partial charge is 0.272 e. The largest absolute Gasteiger partial charge is 0.330 e. The van der Waals surface area contributed by atoms with Gasteiger partial charge in [0.1, 0.15) is 5.82 Å². The Labute approximate surface area is 118 Å². The molecule has 0 radical (unpaired) electrons. The summed E-state index contributed by atoms with van der Waals surface area (Å²) in [6.07, 6.45) is 4.66. The third-order valence-electron chi connectivity index (χ3n) is 4.42. The van der Waals surface area contributed by atoms with E-state index in [1.54, 1.807) is 0 Å². The predicted octanol–water partition coefficient (Wildman–Crippen LogP) is 3.43. The Bertz CT molecular complexity index is 507. The second-order valence-corrected chi connectivity index (χ2v) is 6.11. The van der Waals surface area contributed by atoms with Crippen LogP contribution in [0.4, 0.5) is 10.1 Å². The van der Waals surface area contributed by atoms with E-state index >= 15 is 0 Å². The zero-order chi connectivity index (χ0) is 14.8. The van der Waals surface area contributed by atoms with Gasteiger partial charge in [-0.05, 0) is 49.3 Å². The number of rotatable bonds is 4. The molecule has 2 atom stereocenters. The molecule has 0 saturated heterocycles. The molecule has 5 heteroatoms. The molecule has 2 rings (SSSR count). The molecule has 0 bridgehead atoms. The topological polar surface area (TPSA) is 69.2 Å². The fourth-order valence-electron chi connectivity index (χ4n) is 3.46. The van der Waals surface area contributed by atoms with E-state index in [-0.39, 0.29) is 11.1 Å². The van der Waals surface area contributed by atoms with Crippen molar-refractivity contribution in [3.63, 3.8) is 0 Å². The average Bonchev–Trinajstić information content (AvgIpc) is 2.38. The highest BCUT2D eigenvalue weighted by atomic mass is 19.1. The van der Waals surface area contributed by atoms with Crippen molar-refractivity contribution in [1.82, 2.24) is 0 Å². The summed E-state index contributed by atoms with van der Waals surface area (Å²) in [6, 6.07) is 3.68. The predicted molar refractivity (Wildman–Crippen MR) is 75.9 cm³/mol. The molecule has 0 heterocycles. The summed E-state index contributed by atoms with van der Waals surface area (Å²) >= 11 is 0. The van der Waals surface area contributed by atoms with Crippen molar-refractivity contribution in [2.75, 3.05) is 6.54 Å². The van der Waals surface area contributed by atoms with Crippen LogP contribution in [-0.2, 0) is 6.42 Å². The first-order valence-corrected chi connectivity index (χ1v) is 7.09. The van der Waals surface area contributed by atoms with Crippen LogP contribution in [0.3, 0.4) is 0 Å². The highest BCUT2D eigenvalue weighted by Gasteiger charge is 2.35. The minimum absolute atomic E-state index is 0.00236. The van der Waals surface area contributed by atoms with Gasteiger partial charge in [0.25, 0.3) is 5.69 Å². The number of nitrogens with zero attached hydrogens (tertiary/aromatic N) is 1. The summed E-state index contributed by atoms with van der Waals surface area (Å²) in [6.45, 7) is 2.68. The van der Waals surface area contributed by atoms with Crippen LogP contribution in [0, 0.1) is 27.3 Å². The first-order chi connectivity index (χ1) is 9.46. The van der Waals surface area contributed by atoms with Gasteiger partial charge in [0.15, 0.2) is 0 Å². The van der Waals surface area contributed by atoms with Crippen molar-refractivity contribution < 1.29 is 9.31 Å². The number of hydrogen-bond acceptors (Lipinski definition) is 3. The van der Waals surface area contributed by atoms with E-state index in [2.05, 4.69) is 6.92 Å². The van der Waals surface area contributed by atoms with Gasteiger partial charge in [-0.25, -0.2) is 4.39 Å². The van der Waals surface area contributed by atoms with Crippen LogP contribution < -0.4 is 5.73 Å². The second-order valence-electron chi connectivity index (χ2n) is 6.11. The van der Waals surface area contributed by atoms with Gasteiger partial charge < -0.3 is 5.73 Å². The Morgan fingerprint density at radius 2 is 2.30 bits per heavy atom. The third kappa shape index (κ3) is 3.15. The molecule has 1 fully saturated rings. The van der Waals surface area contributed by atoms with E-state index in [0.29, 0.717) is 24.4 Å². The van der Waals surface area contributed by atoms with Crippen molar-refractivity contribution in [3.05, 3.63) is 39.7 Å². The lowest BCUT2D eigenvalue weighted by Crippen LogP contribution is -2.37. The third-order valence-corrected chi connectivity index (χ3v) is 4.42. The van der Waals surface area contributed by atoms with Gasteiger partial charge in [-0.3, -0.25) is 10.1 Å². The molecular weight excluding hydrogens is 259 g/mol. The van der Waals surface area contributed by atoms with Crippen LogP contribution in [0.1, 0.15) is 38.2 Å². The number of nitro groups is 1. The Morgan fingerprint density at radius 1 is 1.55 bits per heavy atom. The molecule has 20 heavy (non-hydrogen) atoms. The maximum Gasteiger partial charge on any atom is 0.272 e. The monoisotopic (exact) mass is 280 g/mol. The number of nitrogens with two attached hydrogens (primary N) is 1. The maximum atomic E-state index is 13.4. The lowest BCUT2D eigenvalue weighted by molar-refractivity contribution is -0.385. The minimum atomic E-state index is -0.439. The molecule has 0 spiro atoms. The Balaban J connectivity index is 2.31. The molecule has 1 aromatic carbocycles. The van der Waals surface area contributed by atoms with Crippen LogP contribution in [0.5, 0.6) is 0 Å². The maximum absolute atomic E-state index is 13.4. The van der Waals surface area contributed by atoms with Crippen molar-refractivity contribution in [3.8, 4) is 0 Å². The average molecular weight is 280 g/mol. The van der Waals surface area contributed by atoms with E-state index < -0.39 is 10.7 Å². The van der Waals surface area contributed by atoms with Gasteiger partial charge in [0, 0.05) is 11.6 Å². The fourth-order valence-corrected chi connectivity index (χ4v) is 3.46. The van der Waals surface area contributed by atoms with Gasteiger partial charge >= 0.3 is 0 Å². The molecule has 4 nitrogen and oxygen atoms in total. The van der Waals surface area contributed by atoms with E-state index in [1.165, 1.54) is 18.6 Å². The van der Waals surface area contributed by atoms with Crippen LogP contribution in [0.2, 0.25) is 0 Å². The second kappa shape index (κ2) is 5.87. The summed E-state index contributed by atoms with van der Waals surface area (Å²) in [5.74, 6) is 0.140. The van der Waals surface area contributed by atoms with Gasteiger partial charge in [0.2, 0.25) is 0 Å². The van der Waals surface area contributed by atoms with Crippen molar-refractivity contribution in [2.45, 2.75) is 39.0 Å². The van der Waals surface area contributed by atoms with Gasteiger partial charge in [-0.1, -0.05) is 19.8 Å². The molecule has 1 aliphatic rings. The highest BCUT2D eigenvalue weighted by molar-refractivity contribution is 5.41. The fraction of sp³-hybridized carbons (Fsp3) is 0.600. The van der Waals surface area contributed by atoms with E-state index in [9.17, 15) is 14.5 Å². The summed E-state index contributed by atoms with van der Waals surface area (Å²) < 4.78 is 13.4. The molecule has 1 aliphatic carbocycles. The molecule has 0 aromatic heterocycles. The number of halogens is 1. The van der Waals surface area contributed by atoms with Crippen LogP contribution in [-0.4, -0.2) is 11.5 Å². The number of nitro benzene ring substituents is 1. The van der Waals surface area contributed by atoms with E-state index in [1.807, 2.05) is 0 Å². The molecule has 110 valence electrons. The summed E-state index contributed by atoms with van der Waals surface area (Å²) in [5, 5.41) is 11.1. The molecule has 0 amide bonds. The Kier molecular flexibility index (Phi) is 4.38. The van der Waals surface area contributed by atoms with E-state index in [4.69, 9.17) is 5.73 Å². The standard InChI is InChI=1S/C15H21FN2O2/c1-11-3-2-6-15(8-11,10-17)9-12-7-13(16)4-5-14(12)18(19)20/h4-5,7,11H,2-3,6,8-10,17H2,1H3. The normalized spacial score (nSPS) is 26.4. The summed E-state index contributed by atoms with van der Waals surface area (Å²) in [7, 11) is 0. The molecular formula is C15H21FN2O2. The van der Waals surface area contributed by atoms with Gasteiger partial charge in [-0.15, -0.1) is 0 Å². The zero-order valence-electron chi connectivity index (χ0n) is 11.8. The van der Waals surface area contributed by atoms with Gasteiger partial charge in [0.05, 0.1) is 4.92 Å². The Hall–Kier alpha value is -1.49. The minimum Gasteiger partial charge on any atom is -0.330 e. The van der Waals surface area contributed by atoms with Crippen LogP contribution in [0.25, 0.3) is 0 Å².